The van der Waals surface area contributed by atoms with E-state index in [0.29, 0.717) is 5.69 Å². The lowest BCUT2D eigenvalue weighted by Crippen LogP contribution is -2.11. The van der Waals surface area contributed by atoms with Crippen LogP contribution in [0.4, 0.5) is 5.69 Å². The zero-order valence-corrected chi connectivity index (χ0v) is 8.64. The molecular formula is C10H12N2O3. The van der Waals surface area contributed by atoms with Crippen molar-refractivity contribution >= 4 is 11.5 Å². The average Bonchev–Trinajstić information content (AvgIpc) is 2.18. The number of ketones is 1. The molecule has 80 valence electrons. The summed E-state index contributed by atoms with van der Waals surface area (Å²) in [5, 5.41) is 10.5. The summed E-state index contributed by atoms with van der Waals surface area (Å²) in [6.07, 6.45) is 1.50. The minimum atomic E-state index is -0.495. The maximum Gasteiger partial charge on any atom is 0.272 e. The number of hydrogen-bond acceptors (Lipinski definition) is 4. The number of nitro groups is 1. The summed E-state index contributed by atoms with van der Waals surface area (Å²) in [6.45, 7) is 3.58. The zero-order chi connectivity index (χ0) is 11.4. The molecule has 1 aromatic heterocycles. The van der Waals surface area contributed by atoms with Gasteiger partial charge in [0.15, 0.2) is 0 Å². The van der Waals surface area contributed by atoms with Gasteiger partial charge in [-0.3, -0.25) is 19.9 Å². The fourth-order valence-corrected chi connectivity index (χ4v) is 1.06. The van der Waals surface area contributed by atoms with Crippen LogP contribution in [-0.2, 0) is 11.2 Å². The van der Waals surface area contributed by atoms with E-state index in [1.54, 1.807) is 13.8 Å². The first kappa shape index (κ1) is 11.3. The van der Waals surface area contributed by atoms with E-state index < -0.39 is 4.92 Å². The van der Waals surface area contributed by atoms with Gasteiger partial charge in [0.25, 0.3) is 5.69 Å². The smallest absolute Gasteiger partial charge is 0.272 e. The Morgan fingerprint density at radius 1 is 1.60 bits per heavy atom. The number of Topliss-reactive ketones (excluding diaryl/α,β-unsaturated/α-hetero) is 1. The largest absolute Gasteiger partial charge is 0.299 e. The molecule has 0 bridgehead atoms. The second-order valence-corrected chi connectivity index (χ2v) is 3.56. The van der Waals surface area contributed by atoms with Gasteiger partial charge in [-0.15, -0.1) is 0 Å². The molecule has 0 aliphatic carbocycles. The van der Waals surface area contributed by atoms with Crippen LogP contribution in [0, 0.1) is 16.0 Å². The minimum Gasteiger partial charge on any atom is -0.299 e. The molecule has 0 aliphatic rings. The summed E-state index contributed by atoms with van der Waals surface area (Å²) in [5.74, 6) is -0.0472. The summed E-state index contributed by atoms with van der Waals surface area (Å²) in [7, 11) is 0. The molecule has 1 aromatic rings. The third kappa shape index (κ3) is 3.12. The molecule has 0 amide bonds. The van der Waals surface area contributed by atoms with E-state index in [1.807, 2.05) is 0 Å². The number of rotatable bonds is 4. The van der Waals surface area contributed by atoms with E-state index in [1.165, 1.54) is 18.3 Å². The Kier molecular flexibility index (Phi) is 3.49. The van der Waals surface area contributed by atoms with Crippen LogP contribution in [0.25, 0.3) is 0 Å². The Balaban J connectivity index is 2.83. The lowest BCUT2D eigenvalue weighted by molar-refractivity contribution is -0.385. The van der Waals surface area contributed by atoms with Crippen molar-refractivity contribution in [2.24, 2.45) is 5.92 Å². The molecule has 0 aromatic carbocycles. The molecule has 1 heterocycles. The maximum absolute atomic E-state index is 11.4. The van der Waals surface area contributed by atoms with Gasteiger partial charge >= 0.3 is 0 Å². The maximum atomic E-state index is 11.4. The molecule has 5 nitrogen and oxygen atoms in total. The SMILES string of the molecule is CC(C)C(=O)Cc1cc([N+](=O)[O-])ccn1. The first-order chi connectivity index (χ1) is 7.00. The second-order valence-electron chi connectivity index (χ2n) is 3.56. The Hall–Kier alpha value is -1.78. The van der Waals surface area contributed by atoms with Crippen LogP contribution in [-0.4, -0.2) is 15.7 Å². The van der Waals surface area contributed by atoms with Crippen LogP contribution in [0.3, 0.4) is 0 Å². The van der Waals surface area contributed by atoms with Crippen molar-refractivity contribution in [1.82, 2.24) is 4.98 Å². The topological polar surface area (TPSA) is 73.1 Å². The third-order valence-electron chi connectivity index (χ3n) is 2.01. The monoisotopic (exact) mass is 208 g/mol. The molecule has 0 saturated carbocycles. The second kappa shape index (κ2) is 4.63. The first-order valence-corrected chi connectivity index (χ1v) is 4.62. The highest BCUT2D eigenvalue weighted by atomic mass is 16.6. The zero-order valence-electron chi connectivity index (χ0n) is 8.64. The number of carbonyl (C=O) groups excluding carboxylic acids is 1. The highest BCUT2D eigenvalue weighted by Crippen LogP contribution is 2.12. The van der Waals surface area contributed by atoms with Crippen molar-refractivity contribution in [2.45, 2.75) is 20.3 Å². The quantitative estimate of drug-likeness (QED) is 0.558. The third-order valence-corrected chi connectivity index (χ3v) is 2.01. The predicted octanol–water partition coefficient (Wildman–Crippen LogP) is 1.76. The number of carbonyl (C=O) groups is 1. The lowest BCUT2D eigenvalue weighted by atomic mass is 10.0. The standard InChI is InChI=1S/C10H12N2O3/c1-7(2)10(13)6-8-5-9(12(14)15)3-4-11-8/h3-5,7H,6H2,1-2H3. The van der Waals surface area contributed by atoms with E-state index in [2.05, 4.69) is 4.98 Å². The number of hydrogen-bond donors (Lipinski definition) is 0. The van der Waals surface area contributed by atoms with E-state index >= 15 is 0 Å². The number of pyridine rings is 1. The van der Waals surface area contributed by atoms with Crippen molar-refractivity contribution in [2.75, 3.05) is 0 Å². The van der Waals surface area contributed by atoms with Gasteiger partial charge in [0, 0.05) is 30.7 Å². The molecule has 1 rings (SSSR count). The fourth-order valence-electron chi connectivity index (χ4n) is 1.06. The summed E-state index contributed by atoms with van der Waals surface area (Å²) in [4.78, 5) is 25.3. The highest BCUT2D eigenvalue weighted by molar-refractivity contribution is 5.82. The van der Waals surface area contributed by atoms with Gasteiger partial charge in [-0.05, 0) is 0 Å². The van der Waals surface area contributed by atoms with Crippen LogP contribution in [0.5, 0.6) is 0 Å². The molecule has 0 radical (unpaired) electrons. The molecule has 15 heavy (non-hydrogen) atoms. The summed E-state index contributed by atoms with van der Waals surface area (Å²) in [6, 6.07) is 2.64. The summed E-state index contributed by atoms with van der Waals surface area (Å²) in [5.41, 5.74) is 0.416. The van der Waals surface area contributed by atoms with Gasteiger partial charge < -0.3 is 0 Å². The van der Waals surface area contributed by atoms with Gasteiger partial charge in [-0.25, -0.2) is 0 Å². The van der Waals surface area contributed by atoms with Crippen molar-refractivity contribution < 1.29 is 9.72 Å². The van der Waals surface area contributed by atoms with Crippen LogP contribution in [0.15, 0.2) is 18.3 Å². The molecule has 5 heteroatoms. The van der Waals surface area contributed by atoms with Crippen molar-refractivity contribution in [1.29, 1.82) is 0 Å². The normalized spacial score (nSPS) is 10.3. The highest BCUT2D eigenvalue weighted by Gasteiger charge is 2.12. The van der Waals surface area contributed by atoms with Crippen LogP contribution >= 0.6 is 0 Å². The molecule has 0 saturated heterocycles. The Bertz CT molecular complexity index is 388. The number of nitrogens with zero attached hydrogens (tertiary/aromatic N) is 2. The molecule has 0 N–H and O–H groups in total. The summed E-state index contributed by atoms with van der Waals surface area (Å²) < 4.78 is 0. The van der Waals surface area contributed by atoms with Crippen LogP contribution in [0.2, 0.25) is 0 Å². The lowest BCUT2D eigenvalue weighted by Gasteiger charge is -2.02. The van der Waals surface area contributed by atoms with Crippen molar-refractivity contribution in [3.05, 3.63) is 34.1 Å². The molecule has 0 fully saturated rings. The van der Waals surface area contributed by atoms with Crippen LogP contribution in [0.1, 0.15) is 19.5 Å². The van der Waals surface area contributed by atoms with Gasteiger partial charge in [0.1, 0.15) is 5.78 Å². The fraction of sp³-hybridized carbons (Fsp3) is 0.400. The van der Waals surface area contributed by atoms with E-state index in [0.717, 1.165) is 0 Å². The van der Waals surface area contributed by atoms with E-state index in [-0.39, 0.29) is 23.8 Å². The van der Waals surface area contributed by atoms with Gasteiger partial charge in [0.05, 0.1) is 10.6 Å². The number of aromatic nitrogens is 1. The Labute approximate surface area is 87.3 Å². The van der Waals surface area contributed by atoms with E-state index in [9.17, 15) is 14.9 Å². The predicted molar refractivity (Wildman–Crippen MR) is 54.4 cm³/mol. The minimum absolute atomic E-state index is 0.0306. The summed E-state index contributed by atoms with van der Waals surface area (Å²) >= 11 is 0. The van der Waals surface area contributed by atoms with E-state index in [4.69, 9.17) is 0 Å². The van der Waals surface area contributed by atoms with Gasteiger partial charge in [-0.2, -0.15) is 0 Å². The van der Waals surface area contributed by atoms with Crippen LogP contribution < -0.4 is 0 Å². The Morgan fingerprint density at radius 2 is 2.27 bits per heavy atom. The Morgan fingerprint density at radius 3 is 2.80 bits per heavy atom. The molecule has 0 unspecified atom stereocenters. The molecule has 0 spiro atoms. The van der Waals surface area contributed by atoms with Crippen molar-refractivity contribution in [3.63, 3.8) is 0 Å². The average molecular weight is 208 g/mol. The van der Waals surface area contributed by atoms with Gasteiger partial charge in [0.2, 0.25) is 0 Å². The molecule has 0 atom stereocenters. The van der Waals surface area contributed by atoms with Crippen molar-refractivity contribution in [3.8, 4) is 0 Å². The molecular weight excluding hydrogens is 196 g/mol. The molecule has 0 aliphatic heterocycles. The van der Waals surface area contributed by atoms with Gasteiger partial charge in [-0.1, -0.05) is 13.8 Å². The first-order valence-electron chi connectivity index (χ1n) is 4.62.